The van der Waals surface area contributed by atoms with Gasteiger partial charge in [0.05, 0.1) is 11.0 Å². The quantitative estimate of drug-likeness (QED) is 0.652. The van der Waals surface area contributed by atoms with Gasteiger partial charge in [0.2, 0.25) is 0 Å². The molecule has 0 radical (unpaired) electrons. The fourth-order valence-electron chi connectivity index (χ4n) is 1.90. The van der Waals surface area contributed by atoms with Gasteiger partial charge in [-0.05, 0) is 36.8 Å². The summed E-state index contributed by atoms with van der Waals surface area (Å²) in [5.74, 6) is 0.803. The third-order valence-corrected chi connectivity index (χ3v) is 3.36. The van der Waals surface area contributed by atoms with Gasteiger partial charge >= 0.3 is 0 Å². The number of halogens is 1. The summed E-state index contributed by atoms with van der Waals surface area (Å²) < 4.78 is 0. The number of nitrogens with two attached hydrogens (primary N) is 1. The predicted octanol–water partition coefficient (Wildman–Crippen LogP) is 3.77. The standard InChI is InChI=1S/C14H12ClN3/c1-8-2-3-9(6-11(8)15)14-17-12-5-4-10(16)7-13(12)18-14/h2-7H,16H2,1H3,(H,17,18). The number of fused-ring (bicyclic) bond motifs is 1. The lowest BCUT2D eigenvalue weighted by atomic mass is 10.1. The number of rotatable bonds is 1. The summed E-state index contributed by atoms with van der Waals surface area (Å²) in [6.07, 6.45) is 0. The van der Waals surface area contributed by atoms with Crippen LogP contribution in [-0.2, 0) is 0 Å². The molecule has 0 aliphatic rings. The summed E-state index contributed by atoms with van der Waals surface area (Å²) in [5, 5.41) is 0.743. The van der Waals surface area contributed by atoms with Gasteiger partial charge in [-0.25, -0.2) is 4.98 Å². The molecule has 0 saturated carbocycles. The van der Waals surface area contributed by atoms with E-state index in [0.29, 0.717) is 0 Å². The fraction of sp³-hybridized carbons (Fsp3) is 0.0714. The number of nitrogen functional groups attached to an aromatic ring is 1. The number of aromatic nitrogens is 2. The van der Waals surface area contributed by atoms with Crippen molar-refractivity contribution in [1.29, 1.82) is 0 Å². The molecular formula is C14H12ClN3. The Morgan fingerprint density at radius 3 is 2.78 bits per heavy atom. The molecule has 3 rings (SSSR count). The zero-order chi connectivity index (χ0) is 12.7. The monoisotopic (exact) mass is 257 g/mol. The van der Waals surface area contributed by atoms with Crippen LogP contribution in [0.25, 0.3) is 22.4 Å². The van der Waals surface area contributed by atoms with Crippen molar-refractivity contribution in [3.63, 3.8) is 0 Å². The Labute approximate surface area is 110 Å². The summed E-state index contributed by atoms with van der Waals surface area (Å²) in [6, 6.07) is 11.5. The second kappa shape index (κ2) is 4.03. The lowest BCUT2D eigenvalue weighted by molar-refractivity contribution is 1.33. The van der Waals surface area contributed by atoms with E-state index < -0.39 is 0 Å². The minimum absolute atomic E-state index is 0.722. The third-order valence-electron chi connectivity index (χ3n) is 2.95. The second-order valence-electron chi connectivity index (χ2n) is 4.33. The SMILES string of the molecule is Cc1ccc(-c2nc3ccc(N)cc3[nH]2)cc1Cl. The number of aryl methyl sites for hydroxylation is 1. The zero-order valence-electron chi connectivity index (χ0n) is 9.87. The molecule has 0 fully saturated rings. The maximum atomic E-state index is 6.13. The third kappa shape index (κ3) is 1.83. The van der Waals surface area contributed by atoms with Crippen molar-refractivity contribution in [3.05, 3.63) is 47.0 Å². The minimum Gasteiger partial charge on any atom is -0.399 e. The number of imidazole rings is 1. The van der Waals surface area contributed by atoms with E-state index in [4.69, 9.17) is 17.3 Å². The smallest absolute Gasteiger partial charge is 0.138 e. The molecule has 18 heavy (non-hydrogen) atoms. The maximum Gasteiger partial charge on any atom is 0.138 e. The van der Waals surface area contributed by atoms with E-state index in [1.807, 2.05) is 43.3 Å². The molecule has 1 aromatic heterocycles. The largest absolute Gasteiger partial charge is 0.399 e. The average Bonchev–Trinajstić information content (AvgIpc) is 2.75. The summed E-state index contributed by atoms with van der Waals surface area (Å²) in [4.78, 5) is 7.77. The van der Waals surface area contributed by atoms with Crippen LogP contribution in [0, 0.1) is 6.92 Å². The highest BCUT2D eigenvalue weighted by Gasteiger charge is 2.06. The first-order valence-corrected chi connectivity index (χ1v) is 6.03. The van der Waals surface area contributed by atoms with E-state index in [9.17, 15) is 0 Å². The molecule has 0 spiro atoms. The highest BCUT2D eigenvalue weighted by molar-refractivity contribution is 6.31. The van der Waals surface area contributed by atoms with Crippen molar-refractivity contribution < 1.29 is 0 Å². The van der Waals surface area contributed by atoms with Gasteiger partial charge in [0.1, 0.15) is 5.82 Å². The summed E-state index contributed by atoms with van der Waals surface area (Å²) in [7, 11) is 0. The van der Waals surface area contributed by atoms with Gasteiger partial charge in [-0.2, -0.15) is 0 Å². The van der Waals surface area contributed by atoms with Gasteiger partial charge in [-0.3, -0.25) is 0 Å². The van der Waals surface area contributed by atoms with Crippen LogP contribution in [0.2, 0.25) is 5.02 Å². The summed E-state index contributed by atoms with van der Waals surface area (Å²) in [6.45, 7) is 1.98. The van der Waals surface area contributed by atoms with Crippen LogP contribution in [0.3, 0.4) is 0 Å². The molecule has 0 saturated heterocycles. The first-order chi connectivity index (χ1) is 8.63. The van der Waals surface area contributed by atoms with Crippen LogP contribution in [-0.4, -0.2) is 9.97 Å². The van der Waals surface area contributed by atoms with Gasteiger partial charge in [0, 0.05) is 16.3 Å². The van der Waals surface area contributed by atoms with Crippen molar-refractivity contribution >= 4 is 28.3 Å². The Balaban J connectivity index is 2.16. The van der Waals surface area contributed by atoms with Crippen molar-refractivity contribution in [2.24, 2.45) is 0 Å². The molecule has 1 heterocycles. The van der Waals surface area contributed by atoms with E-state index >= 15 is 0 Å². The maximum absolute atomic E-state index is 6.13. The Morgan fingerprint density at radius 1 is 1.17 bits per heavy atom. The first-order valence-electron chi connectivity index (χ1n) is 5.65. The number of anilines is 1. The average molecular weight is 258 g/mol. The minimum atomic E-state index is 0.722. The van der Waals surface area contributed by atoms with Crippen LogP contribution in [0.4, 0.5) is 5.69 Å². The topological polar surface area (TPSA) is 54.7 Å². The van der Waals surface area contributed by atoms with Crippen LogP contribution in [0.5, 0.6) is 0 Å². The molecule has 0 aliphatic heterocycles. The first kappa shape index (κ1) is 11.1. The molecule has 3 N–H and O–H groups in total. The molecule has 0 bridgehead atoms. The molecule has 0 atom stereocenters. The number of benzene rings is 2. The van der Waals surface area contributed by atoms with Gasteiger partial charge in [-0.1, -0.05) is 23.7 Å². The number of hydrogen-bond acceptors (Lipinski definition) is 2. The molecule has 4 heteroatoms. The number of H-pyrrole nitrogens is 1. The molecule has 0 aliphatic carbocycles. The van der Waals surface area contributed by atoms with Gasteiger partial charge in [0.25, 0.3) is 0 Å². The number of nitrogens with one attached hydrogen (secondary N) is 1. The van der Waals surface area contributed by atoms with E-state index in [-0.39, 0.29) is 0 Å². The van der Waals surface area contributed by atoms with Gasteiger partial charge in [-0.15, -0.1) is 0 Å². The predicted molar refractivity (Wildman–Crippen MR) is 75.7 cm³/mol. The Bertz CT molecular complexity index is 731. The highest BCUT2D eigenvalue weighted by Crippen LogP contribution is 2.25. The highest BCUT2D eigenvalue weighted by atomic mass is 35.5. The van der Waals surface area contributed by atoms with Crippen molar-refractivity contribution in [2.75, 3.05) is 5.73 Å². The molecule has 90 valence electrons. The molecule has 3 nitrogen and oxygen atoms in total. The second-order valence-corrected chi connectivity index (χ2v) is 4.73. The zero-order valence-corrected chi connectivity index (χ0v) is 10.6. The Morgan fingerprint density at radius 2 is 2.00 bits per heavy atom. The lowest BCUT2D eigenvalue weighted by Gasteiger charge is -2.00. The fourth-order valence-corrected chi connectivity index (χ4v) is 2.08. The lowest BCUT2D eigenvalue weighted by Crippen LogP contribution is -1.82. The van der Waals surface area contributed by atoms with Crippen molar-refractivity contribution in [1.82, 2.24) is 9.97 Å². The molecule has 2 aromatic carbocycles. The van der Waals surface area contributed by atoms with Gasteiger partial charge < -0.3 is 10.7 Å². The molecule has 0 amide bonds. The summed E-state index contributed by atoms with van der Waals surface area (Å²) in [5.41, 5.74) is 10.3. The van der Waals surface area contributed by atoms with E-state index in [1.54, 1.807) is 0 Å². The number of hydrogen-bond donors (Lipinski definition) is 2. The normalized spacial score (nSPS) is 11.0. The van der Waals surface area contributed by atoms with Crippen LogP contribution in [0.1, 0.15) is 5.56 Å². The van der Waals surface area contributed by atoms with Crippen molar-refractivity contribution in [3.8, 4) is 11.4 Å². The van der Waals surface area contributed by atoms with E-state index in [1.165, 1.54) is 0 Å². The number of aromatic amines is 1. The number of nitrogens with zero attached hydrogens (tertiary/aromatic N) is 1. The van der Waals surface area contributed by atoms with Crippen LogP contribution in [0.15, 0.2) is 36.4 Å². The van der Waals surface area contributed by atoms with Crippen molar-refractivity contribution in [2.45, 2.75) is 6.92 Å². The van der Waals surface area contributed by atoms with Crippen LogP contribution < -0.4 is 5.73 Å². The van der Waals surface area contributed by atoms with E-state index in [0.717, 1.165) is 38.7 Å². The van der Waals surface area contributed by atoms with Crippen LogP contribution >= 0.6 is 11.6 Å². The van der Waals surface area contributed by atoms with E-state index in [2.05, 4.69) is 9.97 Å². The summed E-state index contributed by atoms with van der Waals surface area (Å²) >= 11 is 6.13. The molecular weight excluding hydrogens is 246 g/mol. The molecule has 3 aromatic rings. The Hall–Kier alpha value is -2.00. The molecule has 0 unspecified atom stereocenters. The Kier molecular flexibility index (Phi) is 2.49. The van der Waals surface area contributed by atoms with Gasteiger partial charge in [0.15, 0.2) is 0 Å².